The number of nitrogens with zero attached hydrogens (tertiary/aromatic N) is 1. The van der Waals surface area contributed by atoms with E-state index in [4.69, 9.17) is 10.5 Å². The minimum absolute atomic E-state index is 0.195. The Hall–Kier alpha value is -0.340. The summed E-state index contributed by atoms with van der Waals surface area (Å²) in [6.45, 7) is 0.195. The number of hydrogen-bond donors (Lipinski definition) is 4. The van der Waals surface area contributed by atoms with E-state index in [1.807, 2.05) is 0 Å². The predicted octanol–water partition coefficient (Wildman–Crippen LogP) is -1.92. The first kappa shape index (κ1) is 11.2. The van der Waals surface area contributed by atoms with Crippen molar-refractivity contribution in [3.8, 4) is 0 Å². The first-order valence-electron chi connectivity index (χ1n) is 4.79. The number of rotatable bonds is 1. The molecule has 15 heavy (non-hydrogen) atoms. The second-order valence-electron chi connectivity index (χ2n) is 3.58. The van der Waals surface area contributed by atoms with Gasteiger partial charge in [-0.2, -0.15) is 0 Å². The lowest BCUT2D eigenvalue weighted by atomic mass is 9.98. The maximum Gasteiger partial charge on any atom is 0.159 e. The molecule has 0 unspecified atom stereocenters. The zero-order valence-electron chi connectivity index (χ0n) is 8.33. The minimum Gasteiger partial charge on any atom is -0.388 e. The molecule has 0 amide bonds. The number of ether oxygens (including phenoxy) is 1. The van der Waals surface area contributed by atoms with Gasteiger partial charge in [0.2, 0.25) is 0 Å². The first-order valence-corrected chi connectivity index (χ1v) is 5.67. The van der Waals surface area contributed by atoms with Crippen LogP contribution < -0.4 is 11.1 Å². The summed E-state index contributed by atoms with van der Waals surface area (Å²) < 4.78 is 5.56. The lowest BCUT2D eigenvalue weighted by molar-refractivity contribution is -0.151. The molecule has 0 bridgehead atoms. The van der Waals surface area contributed by atoms with Crippen LogP contribution in [0.3, 0.4) is 0 Å². The van der Waals surface area contributed by atoms with Crippen LogP contribution in [0.2, 0.25) is 0 Å². The van der Waals surface area contributed by atoms with Crippen molar-refractivity contribution in [2.45, 2.75) is 29.8 Å². The number of hydrogen-bond acceptors (Lipinski definition) is 6. The van der Waals surface area contributed by atoms with Crippen LogP contribution in [0.25, 0.3) is 0 Å². The molecular formula is C8H15N3O3S. The van der Waals surface area contributed by atoms with Crippen LogP contribution >= 0.6 is 11.8 Å². The van der Waals surface area contributed by atoms with E-state index >= 15 is 0 Å². The van der Waals surface area contributed by atoms with Gasteiger partial charge in [-0.25, -0.2) is 0 Å². The van der Waals surface area contributed by atoms with E-state index in [9.17, 15) is 10.2 Å². The Labute approximate surface area is 91.9 Å². The first-order chi connectivity index (χ1) is 7.17. The molecule has 2 saturated heterocycles. The molecule has 0 spiro atoms. The molecule has 0 radical (unpaired) electrons. The van der Waals surface area contributed by atoms with Crippen LogP contribution in [0.4, 0.5) is 0 Å². The van der Waals surface area contributed by atoms with Crippen molar-refractivity contribution in [1.29, 1.82) is 0 Å². The Morgan fingerprint density at radius 1 is 1.53 bits per heavy atom. The summed E-state index contributed by atoms with van der Waals surface area (Å²) in [7, 11) is 1.66. The minimum atomic E-state index is -0.944. The Bertz CT molecular complexity index is 276. The average Bonchev–Trinajstić information content (AvgIpc) is 2.66. The predicted molar refractivity (Wildman–Crippen MR) is 57.6 cm³/mol. The quantitative estimate of drug-likeness (QED) is 0.421. The molecule has 2 rings (SSSR count). The fourth-order valence-electron chi connectivity index (χ4n) is 1.78. The van der Waals surface area contributed by atoms with Crippen molar-refractivity contribution in [1.82, 2.24) is 5.32 Å². The van der Waals surface area contributed by atoms with Gasteiger partial charge in [0.15, 0.2) is 5.17 Å². The maximum atomic E-state index is 9.85. The number of amidine groups is 1. The fourth-order valence-corrected chi connectivity index (χ4v) is 2.89. The molecule has 0 aliphatic carbocycles. The van der Waals surface area contributed by atoms with Gasteiger partial charge in [0.25, 0.3) is 0 Å². The van der Waals surface area contributed by atoms with Gasteiger partial charge in [-0.05, 0) is 0 Å². The Morgan fingerprint density at radius 2 is 2.27 bits per heavy atom. The lowest BCUT2D eigenvalue weighted by Gasteiger charge is -2.38. The average molecular weight is 233 g/mol. The summed E-state index contributed by atoms with van der Waals surface area (Å²) in [5.41, 5.74) is 5.22. The van der Waals surface area contributed by atoms with Crippen LogP contribution in [0.5, 0.6) is 0 Å². The van der Waals surface area contributed by atoms with Crippen molar-refractivity contribution in [2.75, 3.05) is 13.6 Å². The van der Waals surface area contributed by atoms with E-state index in [0.29, 0.717) is 5.17 Å². The molecule has 0 aromatic heterocycles. The van der Waals surface area contributed by atoms with Crippen molar-refractivity contribution >= 4 is 16.9 Å². The second kappa shape index (κ2) is 4.26. The van der Waals surface area contributed by atoms with Crippen LogP contribution in [0, 0.1) is 0 Å². The number of fused-ring (bicyclic) bond motifs is 1. The molecule has 2 heterocycles. The van der Waals surface area contributed by atoms with Crippen molar-refractivity contribution in [3.05, 3.63) is 0 Å². The van der Waals surface area contributed by atoms with Gasteiger partial charge in [-0.1, -0.05) is 11.8 Å². The number of thioether (sulfide) groups is 1. The highest BCUT2D eigenvalue weighted by Gasteiger charge is 2.48. The van der Waals surface area contributed by atoms with E-state index in [1.54, 1.807) is 7.05 Å². The second-order valence-corrected chi connectivity index (χ2v) is 4.66. The molecule has 0 aromatic rings. The van der Waals surface area contributed by atoms with Crippen LogP contribution in [-0.2, 0) is 4.74 Å². The monoisotopic (exact) mass is 233 g/mol. The van der Waals surface area contributed by atoms with Crippen molar-refractivity contribution in [2.24, 2.45) is 10.7 Å². The molecular weight excluding hydrogens is 218 g/mol. The zero-order chi connectivity index (χ0) is 11.0. The number of aliphatic hydroxyl groups is 2. The van der Waals surface area contributed by atoms with E-state index in [0.717, 1.165) is 0 Å². The third-order valence-electron chi connectivity index (χ3n) is 2.65. The largest absolute Gasteiger partial charge is 0.388 e. The molecule has 2 fully saturated rings. The number of aliphatic imine (C=N–C) groups is 1. The molecule has 5 atom stereocenters. The topological polar surface area (TPSA) is 100 Å². The van der Waals surface area contributed by atoms with Crippen molar-refractivity contribution in [3.63, 3.8) is 0 Å². The molecule has 0 aromatic carbocycles. The highest BCUT2D eigenvalue weighted by molar-refractivity contribution is 8.14. The van der Waals surface area contributed by atoms with E-state index in [-0.39, 0.29) is 18.0 Å². The summed E-state index contributed by atoms with van der Waals surface area (Å²) in [4.78, 5) is 3.99. The standard InChI is InChI=1S/C8H15N3O3S/c1-10-8-11-4-6(13)5(12)3(2-9)14-7(4)15-8/h3-7,12-13H,2,9H2,1H3,(H,10,11)/t3-,4-,5-,6-,7-/m1/s1. The molecule has 2 aliphatic heterocycles. The fraction of sp³-hybridized carbons (Fsp3) is 0.875. The number of aliphatic hydroxyl groups excluding tert-OH is 2. The Morgan fingerprint density at radius 3 is 2.87 bits per heavy atom. The maximum absolute atomic E-state index is 9.85. The van der Waals surface area contributed by atoms with Gasteiger partial charge in [-0.15, -0.1) is 0 Å². The highest BCUT2D eigenvalue weighted by atomic mass is 32.2. The molecule has 7 heteroatoms. The van der Waals surface area contributed by atoms with Gasteiger partial charge in [0, 0.05) is 13.6 Å². The SMILES string of the molecule is CN=C1N[C@@H]2[C@@H](O)[C@H](O)[C@@H](CN)O[C@@H]2S1. The Balaban J connectivity index is 2.13. The third-order valence-corrected chi connectivity index (χ3v) is 3.81. The zero-order valence-corrected chi connectivity index (χ0v) is 9.15. The van der Waals surface area contributed by atoms with Gasteiger partial charge in [0.05, 0.1) is 12.1 Å². The summed E-state index contributed by atoms with van der Waals surface area (Å²) >= 11 is 1.41. The molecule has 0 saturated carbocycles. The van der Waals surface area contributed by atoms with E-state index in [2.05, 4.69) is 10.3 Å². The Kier molecular flexibility index (Phi) is 3.17. The van der Waals surface area contributed by atoms with Gasteiger partial charge in [0.1, 0.15) is 17.6 Å². The summed E-state index contributed by atoms with van der Waals surface area (Å²) in [6.07, 6.45) is -2.32. The summed E-state index contributed by atoms with van der Waals surface area (Å²) in [5, 5.41) is 23.3. The van der Waals surface area contributed by atoms with Crippen LogP contribution in [0.15, 0.2) is 4.99 Å². The van der Waals surface area contributed by atoms with Gasteiger partial charge < -0.3 is 26.0 Å². The molecule has 6 nitrogen and oxygen atoms in total. The third kappa shape index (κ3) is 1.85. The summed E-state index contributed by atoms with van der Waals surface area (Å²) in [5.74, 6) is 0. The number of nitrogens with one attached hydrogen (secondary N) is 1. The van der Waals surface area contributed by atoms with Crippen molar-refractivity contribution < 1.29 is 14.9 Å². The van der Waals surface area contributed by atoms with Crippen LogP contribution in [-0.4, -0.2) is 58.8 Å². The smallest absolute Gasteiger partial charge is 0.159 e. The highest BCUT2D eigenvalue weighted by Crippen LogP contribution is 2.33. The molecule has 2 aliphatic rings. The van der Waals surface area contributed by atoms with E-state index < -0.39 is 18.3 Å². The normalized spacial score (nSPS) is 47.7. The lowest BCUT2D eigenvalue weighted by Crippen LogP contribution is -2.60. The van der Waals surface area contributed by atoms with Crippen LogP contribution in [0.1, 0.15) is 0 Å². The van der Waals surface area contributed by atoms with Gasteiger partial charge in [-0.3, -0.25) is 4.99 Å². The molecule has 5 N–H and O–H groups in total. The summed E-state index contributed by atoms with van der Waals surface area (Å²) in [6, 6.07) is -0.313. The van der Waals surface area contributed by atoms with Gasteiger partial charge >= 0.3 is 0 Å². The van der Waals surface area contributed by atoms with E-state index in [1.165, 1.54) is 11.8 Å². The number of nitrogens with two attached hydrogens (primary N) is 1. The molecule has 86 valence electrons.